The first kappa shape index (κ1) is 11.2. The quantitative estimate of drug-likeness (QED) is 0.597. The van der Waals surface area contributed by atoms with E-state index in [0.29, 0.717) is 5.82 Å². The van der Waals surface area contributed by atoms with Crippen LogP contribution in [0.4, 0.5) is 14.6 Å². The van der Waals surface area contributed by atoms with Crippen LogP contribution in [0.15, 0.2) is 24.4 Å². The summed E-state index contributed by atoms with van der Waals surface area (Å²) in [5, 5.41) is 10.5. The zero-order chi connectivity index (χ0) is 12.6. The second kappa shape index (κ2) is 3.93. The summed E-state index contributed by atoms with van der Waals surface area (Å²) >= 11 is 0. The van der Waals surface area contributed by atoms with Gasteiger partial charge in [-0.3, -0.25) is 4.57 Å². The van der Waals surface area contributed by atoms with Crippen molar-refractivity contribution in [2.75, 3.05) is 0 Å². The van der Waals surface area contributed by atoms with Crippen molar-refractivity contribution in [1.82, 2.24) is 9.55 Å². The van der Waals surface area contributed by atoms with Crippen LogP contribution in [0.1, 0.15) is 5.82 Å². The molecule has 0 radical (unpaired) electrons. The molecule has 0 amide bonds. The van der Waals surface area contributed by atoms with Gasteiger partial charge in [0.15, 0.2) is 11.6 Å². The Bertz CT molecular complexity index is 595. The van der Waals surface area contributed by atoms with Gasteiger partial charge in [-0.25, -0.2) is 8.78 Å². The van der Waals surface area contributed by atoms with Gasteiger partial charge in [-0.15, -0.1) is 0 Å². The van der Waals surface area contributed by atoms with E-state index in [9.17, 15) is 18.9 Å². The summed E-state index contributed by atoms with van der Waals surface area (Å²) in [7, 11) is 0. The molecule has 0 spiro atoms. The summed E-state index contributed by atoms with van der Waals surface area (Å²) in [6.07, 6.45) is 1.15. The number of nitro groups is 1. The Morgan fingerprint density at radius 1 is 1.35 bits per heavy atom. The molecule has 1 heterocycles. The monoisotopic (exact) mass is 239 g/mol. The Morgan fingerprint density at radius 3 is 2.59 bits per heavy atom. The maximum absolute atomic E-state index is 13.0. The SMILES string of the molecule is Cc1nc([N+](=O)[O-])cn1-c1ccc(F)c(F)c1. The van der Waals surface area contributed by atoms with Crippen molar-refractivity contribution in [3.05, 3.63) is 52.0 Å². The van der Waals surface area contributed by atoms with Gasteiger partial charge in [0.05, 0.1) is 5.69 Å². The van der Waals surface area contributed by atoms with Gasteiger partial charge in [0, 0.05) is 13.0 Å². The standard InChI is InChI=1S/C10H7F2N3O2/c1-6-13-10(15(16)17)5-14(6)7-2-3-8(11)9(12)4-7/h2-5H,1H3. The molecule has 0 bridgehead atoms. The molecule has 0 aliphatic heterocycles. The highest BCUT2D eigenvalue weighted by molar-refractivity contribution is 5.36. The van der Waals surface area contributed by atoms with E-state index in [1.807, 2.05) is 0 Å². The summed E-state index contributed by atoms with van der Waals surface area (Å²) in [6, 6.07) is 3.22. The number of aromatic nitrogens is 2. The van der Waals surface area contributed by atoms with Crippen molar-refractivity contribution in [3.8, 4) is 5.69 Å². The van der Waals surface area contributed by atoms with Crippen molar-refractivity contribution < 1.29 is 13.7 Å². The Hall–Kier alpha value is -2.31. The third-order valence-electron chi connectivity index (χ3n) is 2.24. The van der Waals surface area contributed by atoms with Crippen LogP contribution in [0, 0.1) is 28.7 Å². The summed E-state index contributed by atoms with van der Waals surface area (Å²) in [5.74, 6) is -2.01. The first-order chi connectivity index (χ1) is 7.99. The molecule has 17 heavy (non-hydrogen) atoms. The van der Waals surface area contributed by atoms with Gasteiger partial charge in [-0.05, 0) is 22.0 Å². The van der Waals surface area contributed by atoms with Crippen LogP contribution in [0.3, 0.4) is 0 Å². The van der Waals surface area contributed by atoms with Crippen LogP contribution in [0.25, 0.3) is 5.69 Å². The smallest absolute Gasteiger partial charge is 0.358 e. The van der Waals surface area contributed by atoms with E-state index in [0.717, 1.165) is 18.3 Å². The molecule has 0 atom stereocenters. The summed E-state index contributed by atoms with van der Waals surface area (Å²) < 4.78 is 27.1. The molecule has 0 fully saturated rings. The molecule has 0 saturated heterocycles. The van der Waals surface area contributed by atoms with E-state index in [1.54, 1.807) is 0 Å². The third-order valence-corrected chi connectivity index (χ3v) is 2.24. The lowest BCUT2D eigenvalue weighted by Gasteiger charge is -2.02. The molecular formula is C10H7F2N3O2. The molecule has 2 rings (SSSR count). The maximum atomic E-state index is 13.0. The molecule has 0 saturated carbocycles. The number of aryl methyl sites for hydroxylation is 1. The van der Waals surface area contributed by atoms with E-state index < -0.39 is 16.6 Å². The minimum Gasteiger partial charge on any atom is -0.358 e. The van der Waals surface area contributed by atoms with Gasteiger partial charge < -0.3 is 10.1 Å². The van der Waals surface area contributed by atoms with E-state index >= 15 is 0 Å². The topological polar surface area (TPSA) is 61.0 Å². The molecule has 2 aromatic rings. The maximum Gasteiger partial charge on any atom is 0.382 e. The predicted octanol–water partition coefficient (Wildman–Crippen LogP) is 2.37. The zero-order valence-electron chi connectivity index (χ0n) is 8.72. The lowest BCUT2D eigenvalue weighted by atomic mass is 10.3. The minimum atomic E-state index is -1.02. The molecule has 0 N–H and O–H groups in total. The van der Waals surface area contributed by atoms with Crippen LogP contribution < -0.4 is 0 Å². The highest BCUT2D eigenvalue weighted by Gasteiger charge is 2.16. The van der Waals surface area contributed by atoms with E-state index in [-0.39, 0.29) is 11.5 Å². The number of hydrogen-bond donors (Lipinski definition) is 0. The number of benzene rings is 1. The Morgan fingerprint density at radius 2 is 2.06 bits per heavy atom. The summed E-state index contributed by atoms with van der Waals surface area (Å²) in [6.45, 7) is 1.54. The molecule has 7 heteroatoms. The highest BCUT2D eigenvalue weighted by Crippen LogP contribution is 2.18. The number of rotatable bonds is 2. The van der Waals surface area contributed by atoms with Crippen molar-refractivity contribution in [1.29, 1.82) is 0 Å². The van der Waals surface area contributed by atoms with Crippen molar-refractivity contribution >= 4 is 5.82 Å². The minimum absolute atomic E-state index is 0.280. The lowest BCUT2D eigenvalue weighted by molar-refractivity contribution is -0.389. The Labute approximate surface area is 94.5 Å². The summed E-state index contributed by atoms with van der Waals surface area (Å²) in [5.41, 5.74) is 0.280. The number of imidazole rings is 1. The Kier molecular flexibility index (Phi) is 2.58. The van der Waals surface area contributed by atoms with Gasteiger partial charge >= 0.3 is 5.82 Å². The van der Waals surface area contributed by atoms with E-state index in [2.05, 4.69) is 4.98 Å². The first-order valence-electron chi connectivity index (χ1n) is 4.65. The van der Waals surface area contributed by atoms with Gasteiger partial charge in [0.2, 0.25) is 5.82 Å². The zero-order valence-corrected chi connectivity index (χ0v) is 8.72. The molecule has 0 unspecified atom stereocenters. The average Bonchev–Trinajstić information content (AvgIpc) is 2.65. The largest absolute Gasteiger partial charge is 0.382 e. The average molecular weight is 239 g/mol. The third kappa shape index (κ3) is 1.99. The highest BCUT2D eigenvalue weighted by atomic mass is 19.2. The van der Waals surface area contributed by atoms with Crippen LogP contribution in [0.5, 0.6) is 0 Å². The summed E-state index contributed by atoms with van der Waals surface area (Å²) in [4.78, 5) is 13.6. The molecule has 88 valence electrons. The number of halogens is 2. The van der Waals surface area contributed by atoms with Crippen LogP contribution in [0.2, 0.25) is 0 Å². The van der Waals surface area contributed by atoms with Gasteiger partial charge in [-0.2, -0.15) is 0 Å². The van der Waals surface area contributed by atoms with Gasteiger partial charge in [0.1, 0.15) is 6.20 Å². The molecule has 0 aliphatic carbocycles. The van der Waals surface area contributed by atoms with Gasteiger partial charge in [-0.1, -0.05) is 0 Å². The van der Waals surface area contributed by atoms with Crippen LogP contribution >= 0.6 is 0 Å². The van der Waals surface area contributed by atoms with E-state index in [1.165, 1.54) is 17.6 Å². The van der Waals surface area contributed by atoms with Crippen molar-refractivity contribution in [2.45, 2.75) is 6.92 Å². The predicted molar refractivity (Wildman–Crippen MR) is 54.9 cm³/mol. The molecule has 0 aliphatic rings. The fraction of sp³-hybridized carbons (Fsp3) is 0.100. The van der Waals surface area contributed by atoms with Crippen molar-refractivity contribution in [3.63, 3.8) is 0 Å². The molecule has 5 nitrogen and oxygen atoms in total. The lowest BCUT2D eigenvalue weighted by Crippen LogP contribution is -1.97. The van der Waals surface area contributed by atoms with E-state index in [4.69, 9.17) is 0 Å². The van der Waals surface area contributed by atoms with Crippen molar-refractivity contribution in [2.24, 2.45) is 0 Å². The van der Waals surface area contributed by atoms with Crippen LogP contribution in [-0.2, 0) is 0 Å². The van der Waals surface area contributed by atoms with Crippen LogP contribution in [-0.4, -0.2) is 14.5 Å². The molecule has 1 aromatic heterocycles. The second-order valence-corrected chi connectivity index (χ2v) is 3.37. The molecular weight excluding hydrogens is 232 g/mol. The normalized spacial score (nSPS) is 10.5. The molecule has 1 aromatic carbocycles. The van der Waals surface area contributed by atoms with Gasteiger partial charge in [0.25, 0.3) is 0 Å². The fourth-order valence-corrected chi connectivity index (χ4v) is 1.44. The Balaban J connectivity index is 2.52. The second-order valence-electron chi connectivity index (χ2n) is 3.37. The fourth-order valence-electron chi connectivity index (χ4n) is 1.44. The number of nitrogens with zero attached hydrogens (tertiary/aromatic N) is 3. The number of hydrogen-bond acceptors (Lipinski definition) is 3. The first-order valence-corrected chi connectivity index (χ1v) is 4.65.